The van der Waals surface area contributed by atoms with E-state index in [0.717, 1.165) is 19.4 Å². The van der Waals surface area contributed by atoms with Crippen LogP contribution in [0.5, 0.6) is 0 Å². The molecule has 1 unspecified atom stereocenters. The predicted molar refractivity (Wildman–Crippen MR) is 62.4 cm³/mol. The monoisotopic (exact) mass is 234 g/mol. The van der Waals surface area contributed by atoms with Crippen LogP contribution in [0, 0.1) is 0 Å². The predicted octanol–water partition coefficient (Wildman–Crippen LogP) is 0.752. The second-order valence-corrected chi connectivity index (χ2v) is 6.45. The highest BCUT2D eigenvalue weighted by Crippen LogP contribution is 2.12. The number of hydrogen-bond acceptors (Lipinski definition) is 3. The van der Waals surface area contributed by atoms with Crippen molar-refractivity contribution >= 4 is 10.0 Å². The molecule has 4 nitrogen and oxygen atoms in total. The molecule has 0 saturated carbocycles. The van der Waals surface area contributed by atoms with Gasteiger partial charge in [0.2, 0.25) is 10.0 Å². The van der Waals surface area contributed by atoms with Gasteiger partial charge in [0.25, 0.3) is 0 Å². The molecule has 1 saturated heterocycles. The Bertz CT molecular complexity index is 290. The average Bonchev–Trinajstić information content (AvgIpc) is 2.19. The molecule has 5 heteroatoms. The van der Waals surface area contributed by atoms with Gasteiger partial charge >= 0.3 is 0 Å². The fraction of sp³-hybridized carbons (Fsp3) is 1.00. The van der Waals surface area contributed by atoms with E-state index in [1.807, 2.05) is 14.0 Å². The summed E-state index contributed by atoms with van der Waals surface area (Å²) in [4.78, 5) is 2.20. The van der Waals surface area contributed by atoms with Crippen LogP contribution >= 0.6 is 0 Å². The second-order valence-electron chi connectivity index (χ2n) is 4.36. The lowest BCUT2D eigenvalue weighted by Crippen LogP contribution is -2.52. The Hall–Kier alpha value is -0.130. The van der Waals surface area contributed by atoms with Gasteiger partial charge in [0.1, 0.15) is 0 Å². The van der Waals surface area contributed by atoms with Crippen molar-refractivity contribution in [2.75, 3.05) is 32.4 Å². The first-order chi connectivity index (χ1) is 6.97. The summed E-state index contributed by atoms with van der Waals surface area (Å²) in [6, 6.07) is 0.329. The van der Waals surface area contributed by atoms with Crippen molar-refractivity contribution in [2.24, 2.45) is 0 Å². The minimum atomic E-state index is -3.00. The lowest BCUT2D eigenvalue weighted by atomic mass is 10.2. The molecule has 1 aliphatic rings. The first kappa shape index (κ1) is 12.9. The van der Waals surface area contributed by atoms with Crippen LogP contribution < -0.4 is 0 Å². The molecule has 1 aliphatic heterocycles. The molecular weight excluding hydrogens is 212 g/mol. The lowest BCUT2D eigenvalue weighted by Gasteiger charge is -2.36. The Labute approximate surface area is 93.3 Å². The van der Waals surface area contributed by atoms with Gasteiger partial charge < -0.3 is 4.90 Å². The van der Waals surface area contributed by atoms with E-state index in [4.69, 9.17) is 0 Å². The zero-order valence-corrected chi connectivity index (χ0v) is 10.8. The molecule has 0 aliphatic carbocycles. The molecule has 90 valence electrons. The van der Waals surface area contributed by atoms with Crippen molar-refractivity contribution in [1.82, 2.24) is 9.21 Å². The van der Waals surface area contributed by atoms with E-state index in [1.165, 1.54) is 0 Å². The van der Waals surface area contributed by atoms with Crippen LogP contribution in [-0.4, -0.2) is 56.1 Å². The Morgan fingerprint density at radius 3 is 2.53 bits per heavy atom. The van der Waals surface area contributed by atoms with Gasteiger partial charge in [0.05, 0.1) is 5.75 Å². The second kappa shape index (κ2) is 5.27. The Morgan fingerprint density at radius 2 is 2.00 bits per heavy atom. The standard InChI is InChI=1S/C10H22N2O2S/c1-4-5-8-15(13,14)12-7-6-11(3)10(2)9-12/h10H,4-9H2,1-3H3. The number of likely N-dealkylation sites (N-methyl/N-ethyl adjacent to an activating group) is 1. The molecule has 1 fully saturated rings. The fourth-order valence-electron chi connectivity index (χ4n) is 1.72. The van der Waals surface area contributed by atoms with Gasteiger partial charge in [0, 0.05) is 25.7 Å². The maximum atomic E-state index is 11.9. The van der Waals surface area contributed by atoms with E-state index < -0.39 is 10.0 Å². The Kier molecular flexibility index (Phi) is 4.55. The average molecular weight is 234 g/mol. The molecule has 1 atom stereocenters. The largest absolute Gasteiger partial charge is 0.301 e. The fourth-order valence-corrected chi connectivity index (χ4v) is 3.44. The van der Waals surface area contributed by atoms with Gasteiger partial charge in [-0.2, -0.15) is 4.31 Å². The molecule has 0 radical (unpaired) electrons. The Morgan fingerprint density at radius 1 is 1.33 bits per heavy atom. The summed E-state index contributed by atoms with van der Waals surface area (Å²) in [7, 11) is -0.953. The van der Waals surface area contributed by atoms with E-state index in [-0.39, 0.29) is 0 Å². The summed E-state index contributed by atoms with van der Waals surface area (Å²) in [6.07, 6.45) is 1.70. The summed E-state index contributed by atoms with van der Waals surface area (Å²) in [5.74, 6) is 0.305. The van der Waals surface area contributed by atoms with Gasteiger partial charge in [0.15, 0.2) is 0 Å². The highest BCUT2D eigenvalue weighted by atomic mass is 32.2. The third kappa shape index (κ3) is 3.43. The van der Waals surface area contributed by atoms with Crippen molar-refractivity contribution in [3.63, 3.8) is 0 Å². The SMILES string of the molecule is CCCCS(=O)(=O)N1CCN(C)C(C)C1. The van der Waals surface area contributed by atoms with Crippen LogP contribution in [0.25, 0.3) is 0 Å². The molecule has 0 N–H and O–H groups in total. The lowest BCUT2D eigenvalue weighted by molar-refractivity contribution is 0.159. The normalized spacial score (nSPS) is 25.7. The van der Waals surface area contributed by atoms with Crippen molar-refractivity contribution in [2.45, 2.75) is 32.7 Å². The van der Waals surface area contributed by atoms with Crippen molar-refractivity contribution in [3.05, 3.63) is 0 Å². The summed E-state index contributed by atoms with van der Waals surface area (Å²) in [6.45, 7) is 6.21. The molecule has 0 aromatic heterocycles. The highest BCUT2D eigenvalue weighted by Gasteiger charge is 2.28. The number of nitrogens with zero attached hydrogens (tertiary/aromatic N) is 2. The molecule has 0 aromatic rings. The molecule has 1 heterocycles. The third-order valence-electron chi connectivity index (χ3n) is 3.07. The van der Waals surface area contributed by atoms with Crippen LogP contribution in [0.3, 0.4) is 0 Å². The molecule has 15 heavy (non-hydrogen) atoms. The number of unbranched alkanes of at least 4 members (excludes halogenated alkanes) is 1. The molecule has 0 spiro atoms. The quantitative estimate of drug-likeness (QED) is 0.721. The van der Waals surface area contributed by atoms with Crippen LogP contribution in [0.2, 0.25) is 0 Å². The van der Waals surface area contributed by atoms with Crippen LogP contribution in [0.15, 0.2) is 0 Å². The summed E-state index contributed by atoms with van der Waals surface area (Å²) in [5.41, 5.74) is 0. The van der Waals surface area contributed by atoms with Crippen molar-refractivity contribution in [3.8, 4) is 0 Å². The van der Waals surface area contributed by atoms with E-state index in [1.54, 1.807) is 4.31 Å². The van der Waals surface area contributed by atoms with Crippen molar-refractivity contribution < 1.29 is 8.42 Å². The van der Waals surface area contributed by atoms with Crippen LogP contribution in [0.4, 0.5) is 0 Å². The summed E-state index contributed by atoms with van der Waals surface area (Å²) < 4.78 is 25.5. The molecule has 0 amide bonds. The van der Waals surface area contributed by atoms with Crippen LogP contribution in [0.1, 0.15) is 26.7 Å². The highest BCUT2D eigenvalue weighted by molar-refractivity contribution is 7.89. The van der Waals surface area contributed by atoms with E-state index in [0.29, 0.717) is 24.9 Å². The molecule has 1 rings (SSSR count). The Balaban J connectivity index is 2.57. The number of piperazine rings is 1. The maximum Gasteiger partial charge on any atom is 0.214 e. The van der Waals surface area contributed by atoms with E-state index in [9.17, 15) is 8.42 Å². The molecule has 0 bridgehead atoms. The molecule has 0 aromatic carbocycles. The number of sulfonamides is 1. The first-order valence-electron chi connectivity index (χ1n) is 5.65. The van der Waals surface area contributed by atoms with Crippen LogP contribution in [-0.2, 0) is 10.0 Å². The minimum absolute atomic E-state index is 0.305. The first-order valence-corrected chi connectivity index (χ1v) is 7.26. The number of rotatable bonds is 4. The minimum Gasteiger partial charge on any atom is -0.301 e. The van der Waals surface area contributed by atoms with Gasteiger partial charge in [-0.25, -0.2) is 8.42 Å². The van der Waals surface area contributed by atoms with E-state index >= 15 is 0 Å². The zero-order valence-electron chi connectivity index (χ0n) is 9.94. The molecular formula is C10H22N2O2S. The van der Waals surface area contributed by atoms with Crippen molar-refractivity contribution in [1.29, 1.82) is 0 Å². The van der Waals surface area contributed by atoms with Gasteiger partial charge in [-0.3, -0.25) is 0 Å². The van der Waals surface area contributed by atoms with Gasteiger partial charge in [-0.15, -0.1) is 0 Å². The zero-order chi connectivity index (χ0) is 11.5. The van der Waals surface area contributed by atoms with Gasteiger partial charge in [-0.05, 0) is 20.4 Å². The van der Waals surface area contributed by atoms with E-state index in [2.05, 4.69) is 11.8 Å². The summed E-state index contributed by atoms with van der Waals surface area (Å²) >= 11 is 0. The number of hydrogen-bond donors (Lipinski definition) is 0. The topological polar surface area (TPSA) is 40.6 Å². The maximum absolute atomic E-state index is 11.9. The van der Waals surface area contributed by atoms with Gasteiger partial charge in [-0.1, -0.05) is 13.3 Å². The summed E-state index contributed by atoms with van der Waals surface area (Å²) in [5, 5.41) is 0. The third-order valence-corrected chi connectivity index (χ3v) is 4.99. The smallest absolute Gasteiger partial charge is 0.214 e.